The van der Waals surface area contributed by atoms with Gasteiger partial charge in [-0.3, -0.25) is 4.79 Å². The molecule has 1 aliphatic rings. The van der Waals surface area contributed by atoms with Gasteiger partial charge in [-0.05, 0) is 48.9 Å². The number of nitrogens with zero attached hydrogens (tertiary/aromatic N) is 2. The van der Waals surface area contributed by atoms with Crippen molar-refractivity contribution < 1.29 is 4.79 Å². The van der Waals surface area contributed by atoms with Crippen LogP contribution in [0.3, 0.4) is 0 Å². The quantitative estimate of drug-likeness (QED) is 0.619. The first-order valence-electron chi connectivity index (χ1n) is 8.69. The number of fused-ring (bicyclic) bond motifs is 2. The monoisotopic (exact) mass is 350 g/mol. The number of thiophene rings is 1. The maximum atomic E-state index is 13.2. The molecular weight excluding hydrogens is 328 g/mol. The van der Waals surface area contributed by atoms with Crippen LogP contribution in [0.15, 0.2) is 53.4 Å². The molecule has 0 N–H and O–H groups in total. The van der Waals surface area contributed by atoms with Crippen molar-refractivity contribution in [2.24, 2.45) is 0 Å². The van der Waals surface area contributed by atoms with Crippen LogP contribution in [0.1, 0.15) is 35.5 Å². The lowest BCUT2D eigenvalue weighted by Crippen LogP contribution is -2.37. The minimum absolute atomic E-state index is 0.139. The summed E-state index contributed by atoms with van der Waals surface area (Å²) in [4.78, 5) is 15.2. The lowest BCUT2D eigenvalue weighted by Gasteiger charge is -2.29. The molecule has 0 unspecified atom stereocenters. The summed E-state index contributed by atoms with van der Waals surface area (Å²) in [7, 11) is 0. The number of rotatable bonds is 3. The third-order valence-electron chi connectivity index (χ3n) is 4.84. The van der Waals surface area contributed by atoms with Gasteiger partial charge in [0.25, 0.3) is 5.91 Å². The Kier molecular flexibility index (Phi) is 4.22. The van der Waals surface area contributed by atoms with Crippen molar-refractivity contribution in [3.8, 4) is 0 Å². The van der Waals surface area contributed by atoms with Gasteiger partial charge in [0.1, 0.15) is 5.69 Å². The first-order chi connectivity index (χ1) is 12.1. The normalized spacial score (nSPS) is 13.8. The molecule has 25 heavy (non-hydrogen) atoms. The topological polar surface area (TPSA) is 25.2 Å². The minimum Gasteiger partial charge on any atom is -0.333 e. The maximum Gasteiger partial charge on any atom is 0.270 e. The zero-order valence-corrected chi connectivity index (χ0v) is 15.5. The summed E-state index contributed by atoms with van der Waals surface area (Å²) in [6.07, 6.45) is 3.12. The van der Waals surface area contributed by atoms with Crippen LogP contribution in [-0.2, 0) is 19.5 Å². The molecule has 4 heteroatoms. The standard InChI is InChI=1S/C21H22N2OS/c1-15(2)7-11-23-18-9-12-25-20(18)13-19(23)21(24)22-10-8-16-5-3-4-6-17(16)14-22/h3-7,9,12-13H,8,10-11,14H2,1-2H3. The van der Waals surface area contributed by atoms with Crippen molar-refractivity contribution in [1.82, 2.24) is 9.47 Å². The van der Waals surface area contributed by atoms with Crippen LogP contribution in [0.25, 0.3) is 10.2 Å². The molecule has 2 aromatic heterocycles. The lowest BCUT2D eigenvalue weighted by molar-refractivity contribution is 0.0725. The van der Waals surface area contributed by atoms with E-state index in [2.05, 4.69) is 66.3 Å². The molecule has 0 bridgehead atoms. The SMILES string of the molecule is CC(C)=CCn1c(C(=O)N2CCc3ccccc3C2)cc2sccc21. The molecule has 1 aromatic carbocycles. The van der Waals surface area contributed by atoms with Gasteiger partial charge in [-0.2, -0.15) is 0 Å². The van der Waals surface area contributed by atoms with Gasteiger partial charge in [0.15, 0.2) is 0 Å². The fraction of sp³-hybridized carbons (Fsp3) is 0.286. The Morgan fingerprint density at radius 1 is 1.20 bits per heavy atom. The van der Waals surface area contributed by atoms with Crippen molar-refractivity contribution in [2.75, 3.05) is 6.54 Å². The Hall–Kier alpha value is -2.33. The summed E-state index contributed by atoms with van der Waals surface area (Å²) in [5.74, 6) is 0.139. The van der Waals surface area contributed by atoms with Gasteiger partial charge in [-0.15, -0.1) is 11.3 Å². The lowest BCUT2D eigenvalue weighted by atomic mass is 10.00. The van der Waals surface area contributed by atoms with Crippen molar-refractivity contribution >= 4 is 27.5 Å². The van der Waals surface area contributed by atoms with E-state index in [1.54, 1.807) is 11.3 Å². The van der Waals surface area contributed by atoms with Gasteiger partial charge in [0.05, 0.1) is 10.2 Å². The van der Waals surface area contributed by atoms with Gasteiger partial charge in [-0.1, -0.05) is 35.9 Å². The highest BCUT2D eigenvalue weighted by Crippen LogP contribution is 2.28. The minimum atomic E-state index is 0.139. The zero-order chi connectivity index (χ0) is 17.4. The number of hydrogen-bond acceptors (Lipinski definition) is 2. The molecule has 0 atom stereocenters. The highest BCUT2D eigenvalue weighted by molar-refractivity contribution is 7.17. The Labute approximate surface area is 152 Å². The van der Waals surface area contributed by atoms with Gasteiger partial charge >= 0.3 is 0 Å². The Balaban J connectivity index is 1.67. The predicted octanol–water partition coefficient (Wildman–Crippen LogP) is 4.87. The fourth-order valence-corrected chi connectivity index (χ4v) is 4.28. The van der Waals surface area contributed by atoms with E-state index >= 15 is 0 Å². The molecule has 128 valence electrons. The average Bonchev–Trinajstić information content (AvgIpc) is 3.20. The van der Waals surface area contributed by atoms with E-state index in [-0.39, 0.29) is 5.91 Å². The number of aromatic nitrogens is 1. The predicted molar refractivity (Wildman–Crippen MR) is 104 cm³/mol. The van der Waals surface area contributed by atoms with E-state index in [1.165, 1.54) is 21.4 Å². The van der Waals surface area contributed by atoms with Crippen molar-refractivity contribution in [2.45, 2.75) is 33.4 Å². The highest BCUT2D eigenvalue weighted by Gasteiger charge is 2.25. The molecule has 3 nitrogen and oxygen atoms in total. The highest BCUT2D eigenvalue weighted by atomic mass is 32.1. The number of amides is 1. The van der Waals surface area contributed by atoms with E-state index in [0.29, 0.717) is 6.54 Å². The zero-order valence-electron chi connectivity index (χ0n) is 14.7. The van der Waals surface area contributed by atoms with Crippen LogP contribution < -0.4 is 0 Å². The van der Waals surface area contributed by atoms with Gasteiger partial charge in [0, 0.05) is 19.6 Å². The molecule has 4 rings (SSSR count). The Bertz CT molecular complexity index is 959. The second kappa shape index (κ2) is 6.52. The number of carbonyl (C=O) groups excluding carboxylic acids is 1. The molecule has 1 amide bonds. The molecule has 0 radical (unpaired) electrons. The van der Waals surface area contributed by atoms with Crippen LogP contribution >= 0.6 is 11.3 Å². The van der Waals surface area contributed by atoms with E-state index in [0.717, 1.165) is 30.7 Å². The van der Waals surface area contributed by atoms with Crippen LogP contribution in [0.4, 0.5) is 0 Å². The number of benzene rings is 1. The second-order valence-electron chi connectivity index (χ2n) is 6.84. The molecule has 3 heterocycles. The summed E-state index contributed by atoms with van der Waals surface area (Å²) in [5, 5.41) is 2.09. The summed E-state index contributed by atoms with van der Waals surface area (Å²) in [6, 6.07) is 12.6. The molecule has 3 aromatic rings. The Morgan fingerprint density at radius 3 is 2.80 bits per heavy atom. The molecule has 0 aliphatic carbocycles. The smallest absolute Gasteiger partial charge is 0.270 e. The number of allylic oxidation sites excluding steroid dienone is 2. The average molecular weight is 350 g/mol. The van der Waals surface area contributed by atoms with E-state index in [1.807, 2.05) is 4.90 Å². The molecule has 0 saturated carbocycles. The largest absolute Gasteiger partial charge is 0.333 e. The summed E-state index contributed by atoms with van der Waals surface area (Å²) in [6.45, 7) is 6.43. The third kappa shape index (κ3) is 3.02. The number of hydrogen-bond donors (Lipinski definition) is 0. The van der Waals surface area contributed by atoms with Crippen LogP contribution in [0.2, 0.25) is 0 Å². The molecular formula is C21H22N2OS. The third-order valence-corrected chi connectivity index (χ3v) is 5.69. The van der Waals surface area contributed by atoms with E-state index in [9.17, 15) is 4.79 Å². The summed E-state index contributed by atoms with van der Waals surface area (Å²) in [5.41, 5.74) is 5.86. The van der Waals surface area contributed by atoms with Gasteiger partial charge in [-0.25, -0.2) is 0 Å². The van der Waals surface area contributed by atoms with Crippen molar-refractivity contribution in [3.63, 3.8) is 0 Å². The Morgan fingerprint density at radius 2 is 2.00 bits per heavy atom. The summed E-state index contributed by atoms with van der Waals surface area (Å²) >= 11 is 1.70. The van der Waals surface area contributed by atoms with Crippen LogP contribution in [-0.4, -0.2) is 21.9 Å². The second-order valence-corrected chi connectivity index (χ2v) is 7.78. The van der Waals surface area contributed by atoms with E-state index in [4.69, 9.17) is 0 Å². The fourth-order valence-electron chi connectivity index (χ4n) is 3.46. The molecule has 0 fully saturated rings. The molecule has 0 saturated heterocycles. The first-order valence-corrected chi connectivity index (χ1v) is 9.57. The first kappa shape index (κ1) is 16.2. The van der Waals surface area contributed by atoms with Crippen LogP contribution in [0.5, 0.6) is 0 Å². The van der Waals surface area contributed by atoms with Gasteiger partial charge in [0.2, 0.25) is 0 Å². The van der Waals surface area contributed by atoms with E-state index < -0.39 is 0 Å². The molecule has 1 aliphatic heterocycles. The summed E-state index contributed by atoms with van der Waals surface area (Å²) < 4.78 is 3.34. The molecule has 0 spiro atoms. The van der Waals surface area contributed by atoms with Gasteiger partial charge < -0.3 is 9.47 Å². The van der Waals surface area contributed by atoms with Crippen LogP contribution in [0, 0.1) is 0 Å². The van der Waals surface area contributed by atoms with Crippen molar-refractivity contribution in [3.05, 3.63) is 70.2 Å². The van der Waals surface area contributed by atoms with Crippen molar-refractivity contribution in [1.29, 1.82) is 0 Å². The number of carbonyl (C=O) groups is 1. The maximum absolute atomic E-state index is 13.2.